The predicted octanol–water partition coefficient (Wildman–Crippen LogP) is 1.01. The first-order valence-electron chi connectivity index (χ1n) is 11.5. The van der Waals surface area contributed by atoms with E-state index in [1.54, 1.807) is 13.1 Å². The summed E-state index contributed by atoms with van der Waals surface area (Å²) in [4.78, 5) is 39.5. The van der Waals surface area contributed by atoms with Gasteiger partial charge in [0.25, 0.3) is 0 Å². The molecule has 0 bridgehead atoms. The van der Waals surface area contributed by atoms with E-state index in [0.29, 0.717) is 44.1 Å². The number of thiocarbonyl (C=S) groups is 1. The molecule has 2 fully saturated rings. The van der Waals surface area contributed by atoms with Crippen LogP contribution in [0.4, 0.5) is 0 Å². The van der Waals surface area contributed by atoms with Gasteiger partial charge in [0, 0.05) is 56.5 Å². The molecule has 1 aromatic heterocycles. The standard InChI is InChI=1S/C22H30N6O4S2/c1-3-14(20(29)30)10-27-12-15-11-26(6-7-28(15)22(27)33)13-17-16(21(31)32-4-2)9-24-18(25-17)19-23-5-8-34-19/h5,8,14-15H,3-4,6-7,9-13H2,1-2H3,(H,24,25)(H,29,30). The minimum atomic E-state index is -0.781. The Morgan fingerprint density at radius 3 is 2.85 bits per heavy atom. The molecule has 0 spiro atoms. The number of aliphatic imine (C=N–C) groups is 1. The average molecular weight is 507 g/mol. The lowest BCUT2D eigenvalue weighted by Gasteiger charge is -2.38. The second-order valence-corrected chi connectivity index (χ2v) is 9.78. The molecule has 2 N–H and O–H groups in total. The Morgan fingerprint density at radius 1 is 1.35 bits per heavy atom. The van der Waals surface area contributed by atoms with E-state index in [-0.39, 0.29) is 18.6 Å². The maximum absolute atomic E-state index is 12.6. The number of nitrogens with one attached hydrogen (secondary N) is 1. The number of carbonyl (C=O) groups excluding carboxylic acids is 1. The van der Waals surface area contributed by atoms with Crippen LogP contribution >= 0.6 is 23.6 Å². The van der Waals surface area contributed by atoms with Gasteiger partial charge < -0.3 is 25.0 Å². The fraction of sp³-hybridized carbons (Fsp3) is 0.591. The number of nitrogens with zero attached hydrogens (tertiary/aromatic N) is 5. The topological polar surface area (TPSA) is 111 Å². The van der Waals surface area contributed by atoms with Crippen LogP contribution in [0.2, 0.25) is 0 Å². The monoisotopic (exact) mass is 506 g/mol. The summed E-state index contributed by atoms with van der Waals surface area (Å²) in [5.41, 5.74) is 1.34. The minimum absolute atomic E-state index is 0.190. The van der Waals surface area contributed by atoms with Gasteiger partial charge in [-0.3, -0.25) is 14.7 Å². The number of carboxylic acids is 1. The van der Waals surface area contributed by atoms with Crippen molar-refractivity contribution in [3.8, 4) is 0 Å². The molecule has 2 atom stereocenters. The quantitative estimate of drug-likeness (QED) is 0.372. The smallest absolute Gasteiger partial charge is 0.337 e. The number of fused-ring (bicyclic) bond motifs is 1. The summed E-state index contributed by atoms with van der Waals surface area (Å²) in [6.45, 7) is 8.26. The molecule has 184 valence electrons. The maximum atomic E-state index is 12.6. The molecular weight excluding hydrogens is 476 g/mol. The number of hydrogen-bond acceptors (Lipinski definition) is 9. The molecule has 0 aromatic carbocycles. The second-order valence-electron chi connectivity index (χ2n) is 8.52. The van der Waals surface area contributed by atoms with E-state index in [2.05, 4.69) is 25.1 Å². The first kappa shape index (κ1) is 24.6. The molecule has 12 heteroatoms. The third-order valence-corrected chi connectivity index (χ3v) is 7.64. The first-order valence-corrected chi connectivity index (χ1v) is 12.8. The fourth-order valence-corrected chi connectivity index (χ4v) is 5.51. The fourth-order valence-electron chi connectivity index (χ4n) is 4.52. The zero-order chi connectivity index (χ0) is 24.2. The van der Waals surface area contributed by atoms with Crippen LogP contribution in [-0.4, -0.2) is 106 Å². The molecular formula is C22H30N6O4S2. The van der Waals surface area contributed by atoms with Crippen LogP contribution in [-0.2, 0) is 14.3 Å². The van der Waals surface area contributed by atoms with Gasteiger partial charge in [0.05, 0.1) is 30.7 Å². The number of hydrogen-bond donors (Lipinski definition) is 2. The third-order valence-electron chi connectivity index (χ3n) is 6.36. The third kappa shape index (κ3) is 5.23. The van der Waals surface area contributed by atoms with Crippen molar-refractivity contribution < 1.29 is 19.4 Å². The highest BCUT2D eigenvalue weighted by Crippen LogP contribution is 2.24. The Hall–Kier alpha value is -2.57. The van der Waals surface area contributed by atoms with Gasteiger partial charge in [-0.25, -0.2) is 9.78 Å². The number of piperazine rings is 1. The molecule has 4 heterocycles. The van der Waals surface area contributed by atoms with E-state index < -0.39 is 11.9 Å². The molecule has 1 aromatic rings. The lowest BCUT2D eigenvalue weighted by Crippen LogP contribution is -2.53. The van der Waals surface area contributed by atoms with E-state index in [1.807, 2.05) is 17.2 Å². The van der Waals surface area contributed by atoms with E-state index in [1.165, 1.54) is 11.3 Å². The number of carboxylic acid groups (broad SMARTS) is 1. The molecule has 3 aliphatic rings. The molecule has 0 saturated carbocycles. The lowest BCUT2D eigenvalue weighted by atomic mass is 10.1. The van der Waals surface area contributed by atoms with Crippen LogP contribution < -0.4 is 5.32 Å². The Morgan fingerprint density at radius 2 is 2.18 bits per heavy atom. The highest BCUT2D eigenvalue weighted by atomic mass is 32.1. The molecule has 0 aliphatic carbocycles. The number of aliphatic carboxylic acids is 1. The van der Waals surface area contributed by atoms with Crippen LogP contribution in [0.5, 0.6) is 0 Å². The molecule has 0 radical (unpaired) electrons. The Labute approximate surface area is 208 Å². The van der Waals surface area contributed by atoms with Crippen molar-refractivity contribution in [1.29, 1.82) is 0 Å². The molecule has 2 saturated heterocycles. The van der Waals surface area contributed by atoms with E-state index in [9.17, 15) is 14.7 Å². The van der Waals surface area contributed by atoms with Crippen molar-refractivity contribution >= 4 is 46.4 Å². The zero-order valence-electron chi connectivity index (χ0n) is 19.4. The van der Waals surface area contributed by atoms with Gasteiger partial charge in [0.15, 0.2) is 16.0 Å². The van der Waals surface area contributed by atoms with Crippen molar-refractivity contribution in [1.82, 2.24) is 25.0 Å². The number of ether oxygens (including phenoxy) is 1. The summed E-state index contributed by atoms with van der Waals surface area (Å²) >= 11 is 7.16. The number of amidine groups is 1. The zero-order valence-corrected chi connectivity index (χ0v) is 21.0. The van der Waals surface area contributed by atoms with Gasteiger partial charge in [-0.15, -0.1) is 11.3 Å². The number of aromatic nitrogens is 1. The van der Waals surface area contributed by atoms with Crippen LogP contribution in [0, 0.1) is 5.92 Å². The van der Waals surface area contributed by atoms with Gasteiger partial charge in [0.1, 0.15) is 0 Å². The van der Waals surface area contributed by atoms with Crippen LogP contribution in [0.3, 0.4) is 0 Å². The van der Waals surface area contributed by atoms with Crippen molar-refractivity contribution in [2.45, 2.75) is 26.3 Å². The van der Waals surface area contributed by atoms with Crippen LogP contribution in [0.1, 0.15) is 25.3 Å². The largest absolute Gasteiger partial charge is 0.481 e. The number of carbonyl (C=O) groups is 2. The number of rotatable bonds is 9. The summed E-state index contributed by atoms with van der Waals surface area (Å²) < 4.78 is 5.27. The molecule has 2 unspecified atom stereocenters. The van der Waals surface area contributed by atoms with Gasteiger partial charge >= 0.3 is 11.9 Å². The van der Waals surface area contributed by atoms with E-state index in [0.717, 1.165) is 35.5 Å². The van der Waals surface area contributed by atoms with Crippen molar-refractivity contribution in [3.63, 3.8) is 0 Å². The molecule has 34 heavy (non-hydrogen) atoms. The summed E-state index contributed by atoms with van der Waals surface area (Å²) in [5.74, 6) is -0.888. The number of thiazole rings is 1. The SMILES string of the molecule is CCOC(=O)C1=C(CN2CCN3C(=S)N(CC(CC)C(=O)O)CC3C2)NC(c2nccs2)=NC1. The predicted molar refractivity (Wildman–Crippen MR) is 133 cm³/mol. The average Bonchev–Trinajstić information content (AvgIpc) is 3.46. The summed E-state index contributed by atoms with van der Waals surface area (Å²) in [5, 5.41) is 16.2. The number of esters is 1. The summed E-state index contributed by atoms with van der Waals surface area (Å²) in [6, 6.07) is 0.190. The molecule has 4 rings (SSSR count). The Kier molecular flexibility index (Phi) is 7.79. The highest BCUT2D eigenvalue weighted by Gasteiger charge is 2.39. The molecule has 10 nitrogen and oxygen atoms in total. The van der Waals surface area contributed by atoms with E-state index >= 15 is 0 Å². The van der Waals surface area contributed by atoms with Crippen molar-refractivity contribution in [2.75, 3.05) is 52.4 Å². The lowest BCUT2D eigenvalue weighted by molar-refractivity contribution is -0.142. The molecule has 0 amide bonds. The first-order chi connectivity index (χ1) is 16.4. The van der Waals surface area contributed by atoms with Gasteiger partial charge in [-0.1, -0.05) is 6.92 Å². The van der Waals surface area contributed by atoms with Gasteiger partial charge in [0.2, 0.25) is 0 Å². The van der Waals surface area contributed by atoms with Gasteiger partial charge in [-0.05, 0) is 25.6 Å². The van der Waals surface area contributed by atoms with Crippen molar-refractivity contribution in [3.05, 3.63) is 27.9 Å². The van der Waals surface area contributed by atoms with Crippen LogP contribution in [0.25, 0.3) is 0 Å². The van der Waals surface area contributed by atoms with Gasteiger partial charge in [-0.2, -0.15) is 0 Å². The highest BCUT2D eigenvalue weighted by molar-refractivity contribution is 7.80. The summed E-state index contributed by atoms with van der Waals surface area (Å²) in [7, 11) is 0. The Balaban J connectivity index is 1.44. The molecule has 3 aliphatic heterocycles. The normalized spacial score (nSPS) is 21.8. The summed E-state index contributed by atoms with van der Waals surface area (Å²) in [6.07, 6.45) is 2.31. The Bertz CT molecular complexity index is 996. The van der Waals surface area contributed by atoms with Crippen LogP contribution in [0.15, 0.2) is 27.8 Å². The van der Waals surface area contributed by atoms with E-state index in [4.69, 9.17) is 17.0 Å². The van der Waals surface area contributed by atoms with Crippen molar-refractivity contribution in [2.24, 2.45) is 10.9 Å². The second kappa shape index (κ2) is 10.8. The maximum Gasteiger partial charge on any atom is 0.337 e. The minimum Gasteiger partial charge on any atom is -0.481 e.